The lowest BCUT2D eigenvalue weighted by Gasteiger charge is -2.05. The zero-order valence-electron chi connectivity index (χ0n) is 11.1. The third-order valence-corrected chi connectivity index (χ3v) is 3.94. The Morgan fingerprint density at radius 3 is 2.63 bits per heavy atom. The van der Waals surface area contributed by atoms with Crippen LogP contribution in [-0.2, 0) is 4.79 Å². The van der Waals surface area contributed by atoms with Crippen LogP contribution in [-0.4, -0.2) is 16.1 Å². The number of carboxylic acid groups (broad SMARTS) is 1. The molecule has 1 N–H and O–H groups in total. The highest BCUT2D eigenvalue weighted by Crippen LogP contribution is 2.34. The molecule has 0 unspecified atom stereocenters. The molecular weight excluding hydrogens is 258 g/mol. The van der Waals surface area contributed by atoms with Crippen LogP contribution in [0.4, 0.5) is 0 Å². The maximum atomic E-state index is 10.8. The Hall–Kier alpha value is -1.94. The molecule has 1 heterocycles. The molecular formula is C15H15NO2S. The van der Waals surface area contributed by atoms with E-state index in [0.29, 0.717) is 0 Å². The van der Waals surface area contributed by atoms with E-state index in [2.05, 4.69) is 4.98 Å². The molecule has 0 saturated heterocycles. The predicted molar refractivity (Wildman–Crippen MR) is 78.3 cm³/mol. The molecule has 0 fully saturated rings. The summed E-state index contributed by atoms with van der Waals surface area (Å²) in [5.41, 5.74) is 3.80. The average molecular weight is 273 g/mol. The Bertz CT molecular complexity index is 656. The number of aromatic nitrogens is 1. The SMILES string of the molecule is C/C(=C\C(=O)O)c1sc(C)nc1-c1ccccc1C. The summed E-state index contributed by atoms with van der Waals surface area (Å²) in [6, 6.07) is 8.00. The van der Waals surface area contributed by atoms with Gasteiger partial charge in [-0.05, 0) is 31.9 Å². The van der Waals surface area contributed by atoms with Crippen LogP contribution in [0.5, 0.6) is 0 Å². The van der Waals surface area contributed by atoms with Gasteiger partial charge in [-0.2, -0.15) is 0 Å². The number of carbonyl (C=O) groups is 1. The van der Waals surface area contributed by atoms with Crippen molar-refractivity contribution in [2.24, 2.45) is 0 Å². The molecule has 0 bridgehead atoms. The van der Waals surface area contributed by atoms with E-state index in [4.69, 9.17) is 5.11 Å². The quantitative estimate of drug-likeness (QED) is 0.862. The molecule has 2 aromatic rings. The second-order valence-electron chi connectivity index (χ2n) is 4.39. The van der Waals surface area contributed by atoms with Crippen LogP contribution in [0.25, 0.3) is 16.8 Å². The summed E-state index contributed by atoms with van der Waals surface area (Å²) in [7, 11) is 0. The minimum atomic E-state index is -0.931. The smallest absolute Gasteiger partial charge is 0.328 e. The number of aliphatic carboxylic acids is 1. The van der Waals surface area contributed by atoms with Gasteiger partial charge in [0.2, 0.25) is 0 Å². The van der Waals surface area contributed by atoms with Crippen LogP contribution in [0.3, 0.4) is 0 Å². The number of hydrogen-bond acceptors (Lipinski definition) is 3. The highest BCUT2D eigenvalue weighted by atomic mass is 32.1. The van der Waals surface area contributed by atoms with Gasteiger partial charge in [0.25, 0.3) is 0 Å². The molecule has 0 aliphatic carbocycles. The van der Waals surface area contributed by atoms with Crippen LogP contribution in [0, 0.1) is 13.8 Å². The molecule has 0 aliphatic heterocycles. The third-order valence-electron chi connectivity index (χ3n) is 2.83. The predicted octanol–water partition coefficient (Wildman–Crippen LogP) is 3.91. The summed E-state index contributed by atoms with van der Waals surface area (Å²) in [4.78, 5) is 16.3. The van der Waals surface area contributed by atoms with Crippen LogP contribution in [0.15, 0.2) is 30.3 Å². The first-order valence-corrected chi connectivity index (χ1v) is 6.75. The standard InChI is InChI=1S/C15H15NO2S/c1-9-6-4-5-7-12(9)14-15(19-11(3)16-14)10(2)8-13(17)18/h4-8H,1-3H3,(H,17,18)/b10-8+. The monoisotopic (exact) mass is 273 g/mol. The fourth-order valence-corrected chi connectivity index (χ4v) is 2.87. The summed E-state index contributed by atoms with van der Waals surface area (Å²) in [6.45, 7) is 5.77. The zero-order chi connectivity index (χ0) is 14.0. The maximum absolute atomic E-state index is 10.8. The first kappa shape index (κ1) is 13.5. The lowest BCUT2D eigenvalue weighted by Crippen LogP contribution is -1.91. The summed E-state index contributed by atoms with van der Waals surface area (Å²) >= 11 is 1.53. The van der Waals surface area contributed by atoms with Crippen molar-refractivity contribution in [3.63, 3.8) is 0 Å². The molecule has 0 radical (unpaired) electrons. The second kappa shape index (κ2) is 5.36. The fourth-order valence-electron chi connectivity index (χ4n) is 1.97. The summed E-state index contributed by atoms with van der Waals surface area (Å²) in [5.74, 6) is -0.931. The molecule has 19 heavy (non-hydrogen) atoms. The van der Waals surface area contributed by atoms with E-state index in [1.54, 1.807) is 0 Å². The van der Waals surface area contributed by atoms with Gasteiger partial charge >= 0.3 is 5.97 Å². The van der Waals surface area contributed by atoms with Crippen molar-refractivity contribution in [3.8, 4) is 11.3 Å². The number of thiazole rings is 1. The third kappa shape index (κ3) is 2.90. The van der Waals surface area contributed by atoms with Crippen molar-refractivity contribution in [2.75, 3.05) is 0 Å². The number of carboxylic acids is 1. The van der Waals surface area contributed by atoms with Crippen LogP contribution in [0.1, 0.15) is 22.4 Å². The van der Waals surface area contributed by atoms with Crippen LogP contribution in [0.2, 0.25) is 0 Å². The van der Waals surface area contributed by atoms with E-state index < -0.39 is 5.97 Å². The van der Waals surface area contributed by atoms with Crippen LogP contribution < -0.4 is 0 Å². The largest absolute Gasteiger partial charge is 0.478 e. The van der Waals surface area contributed by atoms with Crippen molar-refractivity contribution >= 4 is 22.9 Å². The lowest BCUT2D eigenvalue weighted by molar-refractivity contribution is -0.131. The number of nitrogens with zero attached hydrogens (tertiary/aromatic N) is 1. The van der Waals surface area contributed by atoms with Gasteiger partial charge < -0.3 is 5.11 Å². The molecule has 0 atom stereocenters. The van der Waals surface area contributed by atoms with Gasteiger partial charge in [0.05, 0.1) is 15.6 Å². The number of allylic oxidation sites excluding steroid dienone is 1. The van der Waals surface area contributed by atoms with E-state index >= 15 is 0 Å². The average Bonchev–Trinajstić information content (AvgIpc) is 2.71. The molecule has 0 aliphatic rings. The minimum absolute atomic E-state index is 0.733. The molecule has 1 aromatic carbocycles. The Balaban J connectivity index is 2.60. The van der Waals surface area contributed by atoms with Gasteiger partial charge in [-0.1, -0.05) is 24.3 Å². The van der Waals surface area contributed by atoms with Crippen LogP contribution >= 0.6 is 11.3 Å². The van der Waals surface area contributed by atoms with Gasteiger partial charge in [0.15, 0.2) is 0 Å². The Morgan fingerprint density at radius 1 is 1.32 bits per heavy atom. The Kier molecular flexibility index (Phi) is 3.81. The van der Waals surface area contributed by atoms with Gasteiger partial charge in [-0.3, -0.25) is 0 Å². The van der Waals surface area contributed by atoms with E-state index in [1.807, 2.05) is 45.0 Å². The molecule has 1 aromatic heterocycles. The van der Waals surface area contributed by atoms with E-state index in [0.717, 1.165) is 32.3 Å². The van der Waals surface area contributed by atoms with E-state index in [-0.39, 0.29) is 0 Å². The topological polar surface area (TPSA) is 50.2 Å². The molecule has 0 amide bonds. The van der Waals surface area contributed by atoms with Gasteiger partial charge in [0, 0.05) is 11.6 Å². The van der Waals surface area contributed by atoms with Crippen molar-refractivity contribution in [1.29, 1.82) is 0 Å². The summed E-state index contributed by atoms with van der Waals surface area (Å²) < 4.78 is 0. The molecule has 3 nitrogen and oxygen atoms in total. The van der Waals surface area contributed by atoms with Crippen molar-refractivity contribution < 1.29 is 9.90 Å². The van der Waals surface area contributed by atoms with Gasteiger partial charge in [-0.25, -0.2) is 9.78 Å². The lowest BCUT2D eigenvalue weighted by atomic mass is 10.0. The molecule has 0 spiro atoms. The van der Waals surface area contributed by atoms with E-state index in [1.165, 1.54) is 17.4 Å². The first-order chi connectivity index (χ1) is 8.99. The second-order valence-corrected chi connectivity index (χ2v) is 5.59. The van der Waals surface area contributed by atoms with Gasteiger partial charge in [0.1, 0.15) is 0 Å². The highest BCUT2D eigenvalue weighted by Gasteiger charge is 2.14. The highest BCUT2D eigenvalue weighted by molar-refractivity contribution is 7.13. The number of hydrogen-bond donors (Lipinski definition) is 1. The molecule has 0 saturated carbocycles. The minimum Gasteiger partial charge on any atom is -0.478 e. The van der Waals surface area contributed by atoms with Crippen molar-refractivity contribution in [1.82, 2.24) is 4.98 Å². The molecule has 4 heteroatoms. The summed E-state index contributed by atoms with van der Waals surface area (Å²) in [6.07, 6.45) is 1.23. The van der Waals surface area contributed by atoms with E-state index in [9.17, 15) is 4.79 Å². The van der Waals surface area contributed by atoms with Crippen molar-refractivity contribution in [2.45, 2.75) is 20.8 Å². The first-order valence-electron chi connectivity index (χ1n) is 5.94. The number of benzene rings is 1. The number of rotatable bonds is 3. The zero-order valence-corrected chi connectivity index (χ0v) is 11.9. The Morgan fingerprint density at radius 2 is 2.00 bits per heavy atom. The molecule has 98 valence electrons. The normalized spacial score (nSPS) is 11.6. The maximum Gasteiger partial charge on any atom is 0.328 e. The number of aryl methyl sites for hydroxylation is 2. The fraction of sp³-hybridized carbons (Fsp3) is 0.200. The molecule has 2 rings (SSSR count). The Labute approximate surface area is 116 Å². The van der Waals surface area contributed by atoms with Gasteiger partial charge in [-0.15, -0.1) is 11.3 Å². The summed E-state index contributed by atoms with van der Waals surface area (Å²) in [5, 5.41) is 9.81. The van der Waals surface area contributed by atoms with Crippen molar-refractivity contribution in [3.05, 3.63) is 45.8 Å².